The lowest BCUT2D eigenvalue weighted by Gasteiger charge is -1.95. The van der Waals surface area contributed by atoms with E-state index in [1.807, 2.05) is 6.07 Å². The van der Waals surface area contributed by atoms with Crippen LogP contribution in [0.3, 0.4) is 0 Å². The lowest BCUT2D eigenvalue weighted by atomic mass is 10.1. The van der Waals surface area contributed by atoms with Crippen molar-refractivity contribution in [2.24, 2.45) is 0 Å². The van der Waals surface area contributed by atoms with Gasteiger partial charge < -0.3 is 4.98 Å². The van der Waals surface area contributed by atoms with Crippen molar-refractivity contribution in [3.8, 4) is 0 Å². The highest BCUT2D eigenvalue weighted by atomic mass is 16.6. The minimum absolute atomic E-state index is 0.150. The van der Waals surface area contributed by atoms with Crippen LogP contribution in [0.4, 0.5) is 5.69 Å². The lowest BCUT2D eigenvalue weighted by Crippen LogP contribution is -1.86. The molecule has 0 saturated heterocycles. The first-order valence-corrected chi connectivity index (χ1v) is 5.96. The molecule has 0 atom stereocenters. The summed E-state index contributed by atoms with van der Waals surface area (Å²) in [5, 5.41) is 11.6. The number of rotatable bonds is 5. The zero-order valence-corrected chi connectivity index (χ0v) is 9.90. The molecule has 2 aromatic rings. The Kier molecular flexibility index (Phi) is 3.42. The van der Waals surface area contributed by atoms with E-state index in [1.165, 1.54) is 18.9 Å². The van der Waals surface area contributed by atoms with Gasteiger partial charge in [0.1, 0.15) is 0 Å². The molecule has 4 heteroatoms. The van der Waals surface area contributed by atoms with Gasteiger partial charge in [-0.05, 0) is 25.0 Å². The molecule has 1 aromatic carbocycles. The Morgan fingerprint density at radius 1 is 1.29 bits per heavy atom. The molecule has 0 amide bonds. The molecular formula is C13H16N2O2. The molecule has 0 bridgehead atoms. The summed E-state index contributed by atoms with van der Waals surface area (Å²) >= 11 is 0. The van der Waals surface area contributed by atoms with Crippen LogP contribution in [-0.4, -0.2) is 9.91 Å². The highest BCUT2D eigenvalue weighted by Gasteiger charge is 2.07. The molecule has 0 aliphatic rings. The third-order valence-corrected chi connectivity index (χ3v) is 2.92. The molecule has 1 aromatic heterocycles. The van der Waals surface area contributed by atoms with Crippen LogP contribution in [0.2, 0.25) is 0 Å². The number of H-pyrrole nitrogens is 1. The second-order valence-corrected chi connectivity index (χ2v) is 4.28. The summed E-state index contributed by atoms with van der Waals surface area (Å²) in [4.78, 5) is 13.6. The number of nitrogens with zero attached hydrogens (tertiary/aromatic N) is 1. The molecule has 0 spiro atoms. The molecule has 1 N–H and O–H groups in total. The van der Waals surface area contributed by atoms with Crippen LogP contribution >= 0.6 is 0 Å². The van der Waals surface area contributed by atoms with Gasteiger partial charge in [0.05, 0.1) is 4.92 Å². The second-order valence-electron chi connectivity index (χ2n) is 4.28. The smallest absolute Gasteiger partial charge is 0.270 e. The number of unbranched alkanes of at least 4 members (excludes halogenated alkanes) is 2. The molecule has 0 radical (unpaired) electrons. The average molecular weight is 232 g/mol. The Hall–Kier alpha value is -1.84. The van der Waals surface area contributed by atoms with Crippen molar-refractivity contribution in [1.82, 2.24) is 4.98 Å². The predicted octanol–water partition coefficient (Wildman–Crippen LogP) is 3.81. The van der Waals surface area contributed by atoms with E-state index in [0.717, 1.165) is 29.4 Å². The van der Waals surface area contributed by atoms with Crippen LogP contribution in [0, 0.1) is 10.1 Å². The van der Waals surface area contributed by atoms with Crippen molar-refractivity contribution in [2.75, 3.05) is 0 Å². The summed E-state index contributed by atoms with van der Waals surface area (Å²) in [7, 11) is 0. The van der Waals surface area contributed by atoms with E-state index in [2.05, 4.69) is 11.9 Å². The number of benzene rings is 1. The van der Waals surface area contributed by atoms with Crippen LogP contribution in [0.25, 0.3) is 10.9 Å². The molecule has 90 valence electrons. The third kappa shape index (κ3) is 2.64. The number of fused-ring (bicyclic) bond motifs is 1. The first kappa shape index (κ1) is 11.6. The van der Waals surface area contributed by atoms with Gasteiger partial charge in [-0.25, -0.2) is 0 Å². The number of hydrogen-bond donors (Lipinski definition) is 1. The van der Waals surface area contributed by atoms with E-state index in [0.29, 0.717) is 0 Å². The largest absolute Gasteiger partial charge is 0.358 e. The second kappa shape index (κ2) is 4.99. The summed E-state index contributed by atoms with van der Waals surface area (Å²) in [6.45, 7) is 2.18. The average Bonchev–Trinajstić information content (AvgIpc) is 2.70. The Morgan fingerprint density at radius 2 is 2.12 bits per heavy atom. The molecule has 17 heavy (non-hydrogen) atoms. The van der Waals surface area contributed by atoms with Crippen molar-refractivity contribution in [3.63, 3.8) is 0 Å². The van der Waals surface area contributed by atoms with Gasteiger partial charge in [0.2, 0.25) is 0 Å². The number of non-ortho nitro benzene ring substituents is 1. The Balaban J connectivity index is 2.21. The first-order valence-electron chi connectivity index (χ1n) is 5.96. The predicted molar refractivity (Wildman–Crippen MR) is 68.2 cm³/mol. The fourth-order valence-corrected chi connectivity index (χ4v) is 1.99. The lowest BCUT2D eigenvalue weighted by molar-refractivity contribution is -0.384. The third-order valence-electron chi connectivity index (χ3n) is 2.92. The van der Waals surface area contributed by atoms with Crippen molar-refractivity contribution in [1.29, 1.82) is 0 Å². The normalized spacial score (nSPS) is 10.9. The van der Waals surface area contributed by atoms with Crippen LogP contribution in [-0.2, 0) is 6.42 Å². The van der Waals surface area contributed by atoms with Gasteiger partial charge >= 0.3 is 0 Å². The van der Waals surface area contributed by atoms with Crippen molar-refractivity contribution < 1.29 is 4.92 Å². The molecule has 0 saturated carbocycles. The summed E-state index contributed by atoms with van der Waals surface area (Å²) in [5.74, 6) is 0. The van der Waals surface area contributed by atoms with E-state index in [-0.39, 0.29) is 10.6 Å². The quantitative estimate of drug-likeness (QED) is 0.484. The van der Waals surface area contributed by atoms with Gasteiger partial charge in [-0.3, -0.25) is 10.1 Å². The van der Waals surface area contributed by atoms with Gasteiger partial charge in [0, 0.05) is 28.7 Å². The number of nitro benzene ring substituents is 1. The molecule has 0 aliphatic heterocycles. The summed E-state index contributed by atoms with van der Waals surface area (Å²) < 4.78 is 0. The summed E-state index contributed by atoms with van der Waals surface area (Å²) in [6.07, 6.45) is 4.59. The maximum Gasteiger partial charge on any atom is 0.270 e. The van der Waals surface area contributed by atoms with E-state index in [9.17, 15) is 10.1 Å². The highest BCUT2D eigenvalue weighted by Crippen LogP contribution is 2.22. The zero-order chi connectivity index (χ0) is 12.3. The number of nitrogens with one attached hydrogen (secondary N) is 1. The summed E-state index contributed by atoms with van der Waals surface area (Å²) in [6, 6.07) is 6.94. The fourth-order valence-electron chi connectivity index (χ4n) is 1.99. The van der Waals surface area contributed by atoms with Gasteiger partial charge in [-0.2, -0.15) is 0 Å². The van der Waals surface area contributed by atoms with Crippen LogP contribution in [0.5, 0.6) is 0 Å². The van der Waals surface area contributed by atoms with Gasteiger partial charge in [-0.15, -0.1) is 0 Å². The molecule has 4 nitrogen and oxygen atoms in total. The molecule has 2 rings (SSSR count). The Morgan fingerprint density at radius 3 is 2.82 bits per heavy atom. The number of hydrogen-bond acceptors (Lipinski definition) is 2. The topological polar surface area (TPSA) is 58.9 Å². The molecule has 0 aliphatic carbocycles. The molecule has 1 heterocycles. The minimum atomic E-state index is -0.358. The van der Waals surface area contributed by atoms with Crippen LogP contribution in [0.1, 0.15) is 31.9 Å². The van der Waals surface area contributed by atoms with Crippen LogP contribution < -0.4 is 0 Å². The molecule has 0 unspecified atom stereocenters. The SMILES string of the molecule is CCCCCc1cc2cc([N+](=O)[O-])ccc2[nH]1. The number of aryl methyl sites for hydroxylation is 1. The number of aromatic nitrogens is 1. The monoisotopic (exact) mass is 232 g/mol. The molecular weight excluding hydrogens is 216 g/mol. The van der Waals surface area contributed by atoms with E-state index >= 15 is 0 Å². The minimum Gasteiger partial charge on any atom is -0.358 e. The highest BCUT2D eigenvalue weighted by molar-refractivity contribution is 5.82. The maximum absolute atomic E-state index is 10.7. The molecule has 0 fully saturated rings. The standard InChI is InChI=1S/C13H16N2O2/c1-2-3-4-5-11-8-10-9-12(15(16)17)6-7-13(10)14-11/h6-9,14H,2-5H2,1H3. The van der Waals surface area contributed by atoms with Crippen molar-refractivity contribution in [2.45, 2.75) is 32.6 Å². The van der Waals surface area contributed by atoms with Crippen molar-refractivity contribution >= 4 is 16.6 Å². The maximum atomic E-state index is 10.7. The zero-order valence-electron chi connectivity index (χ0n) is 9.90. The van der Waals surface area contributed by atoms with E-state index in [4.69, 9.17) is 0 Å². The van der Waals surface area contributed by atoms with Gasteiger partial charge in [-0.1, -0.05) is 19.8 Å². The number of aromatic amines is 1. The summed E-state index contributed by atoms with van der Waals surface area (Å²) in [5.41, 5.74) is 2.28. The van der Waals surface area contributed by atoms with E-state index < -0.39 is 0 Å². The Labute approximate surface area is 99.8 Å². The Bertz CT molecular complexity index is 531. The van der Waals surface area contributed by atoms with Crippen LogP contribution in [0.15, 0.2) is 24.3 Å². The van der Waals surface area contributed by atoms with Gasteiger partial charge in [0.15, 0.2) is 0 Å². The number of nitro groups is 1. The van der Waals surface area contributed by atoms with Crippen molar-refractivity contribution in [3.05, 3.63) is 40.1 Å². The first-order chi connectivity index (χ1) is 8.20. The van der Waals surface area contributed by atoms with Gasteiger partial charge in [0.25, 0.3) is 5.69 Å². The van der Waals surface area contributed by atoms with E-state index in [1.54, 1.807) is 12.1 Å². The fraction of sp³-hybridized carbons (Fsp3) is 0.385.